The molecule has 0 saturated carbocycles. The Kier molecular flexibility index (Phi) is 6.05. The van der Waals surface area contributed by atoms with Gasteiger partial charge in [0.15, 0.2) is 5.96 Å². The zero-order chi connectivity index (χ0) is 15.1. The summed E-state index contributed by atoms with van der Waals surface area (Å²) in [4.78, 5) is 6.84. The maximum Gasteiger partial charge on any atom is 0.191 e. The van der Waals surface area contributed by atoms with Crippen LogP contribution in [0, 0.1) is 0 Å². The molecule has 2 atom stereocenters. The van der Waals surface area contributed by atoms with Crippen molar-refractivity contribution in [1.82, 2.24) is 15.5 Å². The number of nitrogens with zero attached hydrogens (tertiary/aromatic N) is 2. The van der Waals surface area contributed by atoms with Crippen LogP contribution in [0.4, 0.5) is 0 Å². The molecule has 0 aliphatic carbocycles. The van der Waals surface area contributed by atoms with Gasteiger partial charge in [0.2, 0.25) is 0 Å². The largest absolute Gasteiger partial charge is 0.356 e. The number of nitrogens with one attached hydrogen (secondary N) is 2. The van der Waals surface area contributed by atoms with Gasteiger partial charge < -0.3 is 10.6 Å². The molecule has 21 heavy (non-hydrogen) atoms. The number of hydrogen-bond donors (Lipinski definition) is 2. The topological polar surface area (TPSA) is 39.7 Å². The van der Waals surface area contributed by atoms with E-state index in [0.717, 1.165) is 32.0 Å². The van der Waals surface area contributed by atoms with E-state index in [1.165, 1.54) is 12.0 Å². The van der Waals surface area contributed by atoms with Gasteiger partial charge in [-0.1, -0.05) is 37.3 Å². The van der Waals surface area contributed by atoms with Gasteiger partial charge in [-0.25, -0.2) is 0 Å². The van der Waals surface area contributed by atoms with E-state index in [1.54, 1.807) is 0 Å². The van der Waals surface area contributed by atoms with E-state index in [2.05, 4.69) is 64.7 Å². The number of hydrogen-bond acceptors (Lipinski definition) is 2. The Morgan fingerprint density at radius 1 is 1.33 bits per heavy atom. The van der Waals surface area contributed by atoms with Gasteiger partial charge >= 0.3 is 0 Å². The van der Waals surface area contributed by atoms with Gasteiger partial charge in [-0.2, -0.15) is 0 Å². The normalized spacial score (nSPS) is 23.3. The molecule has 2 N–H and O–H groups in total. The van der Waals surface area contributed by atoms with Crippen molar-refractivity contribution in [3.8, 4) is 0 Å². The molecule has 0 aromatic heterocycles. The van der Waals surface area contributed by atoms with Crippen molar-refractivity contribution in [3.05, 3.63) is 35.9 Å². The van der Waals surface area contributed by atoms with Crippen LogP contribution in [0.25, 0.3) is 0 Å². The Hall–Kier alpha value is -1.55. The molecule has 1 aliphatic rings. The molecule has 1 aromatic carbocycles. The highest BCUT2D eigenvalue weighted by molar-refractivity contribution is 5.79. The minimum absolute atomic E-state index is 0.478. The molecular formula is C17H28N4. The van der Waals surface area contributed by atoms with Gasteiger partial charge in [-0.05, 0) is 25.3 Å². The predicted octanol–water partition coefficient (Wildman–Crippen LogP) is 2.22. The molecule has 116 valence electrons. The van der Waals surface area contributed by atoms with Crippen molar-refractivity contribution >= 4 is 5.96 Å². The second kappa shape index (κ2) is 8.03. The summed E-state index contributed by atoms with van der Waals surface area (Å²) in [7, 11) is 1.84. The van der Waals surface area contributed by atoms with E-state index in [-0.39, 0.29) is 0 Å². The quantitative estimate of drug-likeness (QED) is 0.645. The molecule has 2 unspecified atom stereocenters. The van der Waals surface area contributed by atoms with E-state index in [9.17, 15) is 0 Å². The monoisotopic (exact) mass is 288 g/mol. The van der Waals surface area contributed by atoms with Crippen LogP contribution >= 0.6 is 0 Å². The first kappa shape index (κ1) is 15.8. The maximum absolute atomic E-state index is 4.30. The fraction of sp³-hybridized carbons (Fsp3) is 0.588. The van der Waals surface area contributed by atoms with Crippen LogP contribution in [0.3, 0.4) is 0 Å². The van der Waals surface area contributed by atoms with Crippen LogP contribution in [0.1, 0.15) is 32.3 Å². The Morgan fingerprint density at radius 3 is 2.76 bits per heavy atom. The third kappa shape index (κ3) is 4.74. The average molecular weight is 288 g/mol. The molecule has 1 aliphatic heterocycles. The molecule has 2 rings (SSSR count). The Balaban J connectivity index is 1.86. The fourth-order valence-electron chi connectivity index (χ4n) is 2.87. The van der Waals surface area contributed by atoms with E-state index in [4.69, 9.17) is 0 Å². The van der Waals surface area contributed by atoms with Crippen LogP contribution in [0.5, 0.6) is 0 Å². The van der Waals surface area contributed by atoms with Gasteiger partial charge in [0.1, 0.15) is 0 Å². The highest BCUT2D eigenvalue weighted by Gasteiger charge is 2.29. The van der Waals surface area contributed by atoms with Crippen molar-refractivity contribution in [1.29, 1.82) is 0 Å². The van der Waals surface area contributed by atoms with Gasteiger partial charge in [0.05, 0.1) is 0 Å². The first-order valence-corrected chi connectivity index (χ1v) is 7.98. The zero-order valence-corrected chi connectivity index (χ0v) is 13.5. The Bertz CT molecular complexity index is 443. The number of guanidine groups is 1. The van der Waals surface area contributed by atoms with Crippen LogP contribution in [0.15, 0.2) is 35.3 Å². The lowest BCUT2D eigenvalue weighted by Gasteiger charge is -2.21. The molecule has 4 nitrogen and oxygen atoms in total. The van der Waals surface area contributed by atoms with E-state index >= 15 is 0 Å². The average Bonchev–Trinajstić information content (AvgIpc) is 2.84. The second-order valence-corrected chi connectivity index (χ2v) is 5.84. The van der Waals surface area contributed by atoms with Gasteiger partial charge in [0.25, 0.3) is 0 Å². The lowest BCUT2D eigenvalue weighted by atomic mass is 10.2. The molecule has 0 spiro atoms. The van der Waals surface area contributed by atoms with Gasteiger partial charge in [-0.3, -0.25) is 9.89 Å². The van der Waals surface area contributed by atoms with E-state index in [0.29, 0.717) is 12.1 Å². The highest BCUT2D eigenvalue weighted by Crippen LogP contribution is 2.20. The summed E-state index contributed by atoms with van der Waals surface area (Å²) in [6, 6.07) is 11.8. The van der Waals surface area contributed by atoms with Crippen molar-refractivity contribution in [3.63, 3.8) is 0 Å². The lowest BCUT2D eigenvalue weighted by molar-refractivity contribution is 0.258. The summed E-state index contributed by atoms with van der Waals surface area (Å²) < 4.78 is 0. The van der Waals surface area contributed by atoms with Crippen LogP contribution in [0.2, 0.25) is 0 Å². The molecular weight excluding hydrogens is 260 g/mol. The Morgan fingerprint density at radius 2 is 2.10 bits per heavy atom. The summed E-state index contributed by atoms with van der Waals surface area (Å²) in [5.74, 6) is 0.926. The smallest absolute Gasteiger partial charge is 0.191 e. The molecule has 1 aromatic rings. The summed E-state index contributed by atoms with van der Waals surface area (Å²) in [6.07, 6.45) is 2.28. The van der Waals surface area contributed by atoms with Crippen LogP contribution < -0.4 is 10.6 Å². The second-order valence-electron chi connectivity index (χ2n) is 5.84. The third-order valence-corrected chi connectivity index (χ3v) is 4.04. The summed E-state index contributed by atoms with van der Waals surface area (Å²) >= 11 is 0. The van der Waals surface area contributed by atoms with E-state index in [1.807, 2.05) is 7.05 Å². The Labute approximate surface area is 128 Å². The minimum Gasteiger partial charge on any atom is -0.356 e. The van der Waals surface area contributed by atoms with Gasteiger partial charge in [0, 0.05) is 38.8 Å². The lowest BCUT2D eigenvalue weighted by Crippen LogP contribution is -2.44. The molecule has 1 saturated heterocycles. The highest BCUT2D eigenvalue weighted by atomic mass is 15.3. The molecule has 1 fully saturated rings. The molecule has 0 radical (unpaired) electrons. The van der Waals surface area contributed by atoms with Gasteiger partial charge in [-0.15, -0.1) is 0 Å². The standard InChI is InChI=1S/C17H28N4/c1-4-10-19-17(18-3)20-16-11-14(2)21(13-16)12-15-8-6-5-7-9-15/h5-9,14,16H,4,10-13H2,1-3H3,(H2,18,19,20). The number of rotatable bonds is 5. The summed E-state index contributed by atoms with van der Waals surface area (Å²) in [6.45, 7) is 7.55. The van der Waals surface area contributed by atoms with Crippen molar-refractivity contribution < 1.29 is 0 Å². The number of benzene rings is 1. The third-order valence-electron chi connectivity index (χ3n) is 4.04. The first-order chi connectivity index (χ1) is 10.2. The van der Waals surface area contributed by atoms with Crippen molar-refractivity contribution in [2.75, 3.05) is 20.1 Å². The number of likely N-dealkylation sites (tertiary alicyclic amines) is 1. The minimum atomic E-state index is 0.478. The maximum atomic E-state index is 4.30. The van der Waals surface area contributed by atoms with Crippen molar-refractivity contribution in [2.45, 2.75) is 45.3 Å². The molecule has 0 bridgehead atoms. The van der Waals surface area contributed by atoms with Crippen molar-refractivity contribution in [2.24, 2.45) is 4.99 Å². The van der Waals surface area contributed by atoms with Crippen LogP contribution in [-0.4, -0.2) is 43.1 Å². The van der Waals surface area contributed by atoms with E-state index < -0.39 is 0 Å². The first-order valence-electron chi connectivity index (χ1n) is 7.98. The zero-order valence-electron chi connectivity index (χ0n) is 13.5. The number of aliphatic imine (C=N–C) groups is 1. The summed E-state index contributed by atoms with van der Waals surface area (Å²) in [5.41, 5.74) is 1.39. The SMILES string of the molecule is CCCNC(=NC)NC1CC(C)N(Cc2ccccc2)C1. The molecule has 4 heteroatoms. The fourth-order valence-corrected chi connectivity index (χ4v) is 2.87. The predicted molar refractivity (Wildman–Crippen MR) is 89.5 cm³/mol. The van der Waals surface area contributed by atoms with Crippen LogP contribution in [-0.2, 0) is 6.54 Å². The molecule has 0 amide bonds. The molecule has 1 heterocycles. The summed E-state index contributed by atoms with van der Waals surface area (Å²) in [5, 5.41) is 6.89.